The number of aryl methyl sites for hydroxylation is 1. The molecule has 0 bridgehead atoms. The Bertz CT molecular complexity index is 657. The number of carbonyl (C=O) groups excluding carboxylic acids is 1. The first-order chi connectivity index (χ1) is 10.4. The number of rotatable bonds is 2. The van der Waals surface area contributed by atoms with Crippen LogP contribution in [0.1, 0.15) is 31.4 Å². The number of ether oxygens (including phenoxy) is 2. The highest BCUT2D eigenvalue weighted by Gasteiger charge is 2.46. The smallest absolute Gasteiger partial charge is 0.184 e. The highest BCUT2D eigenvalue weighted by molar-refractivity contribution is 6.03. The summed E-state index contributed by atoms with van der Waals surface area (Å²) in [5, 5.41) is 10.2. The maximum absolute atomic E-state index is 12.2. The predicted molar refractivity (Wildman–Crippen MR) is 84.1 cm³/mol. The molecule has 2 unspecified atom stereocenters. The largest absolute Gasteiger partial charge is 0.493 e. The summed E-state index contributed by atoms with van der Waals surface area (Å²) in [5.74, 6) is 1.34. The van der Waals surface area contributed by atoms with Gasteiger partial charge in [0.15, 0.2) is 17.3 Å². The normalized spacial score (nSPS) is 25.9. The average Bonchev–Trinajstić information content (AvgIpc) is 2.51. The second-order valence-electron chi connectivity index (χ2n) is 6.68. The molecular formula is C18H22O4. The van der Waals surface area contributed by atoms with Crippen LogP contribution in [0, 0.1) is 11.3 Å². The van der Waals surface area contributed by atoms with Crippen LogP contribution < -0.4 is 9.47 Å². The van der Waals surface area contributed by atoms with E-state index in [1.165, 1.54) is 5.56 Å². The van der Waals surface area contributed by atoms with Crippen LogP contribution in [0.5, 0.6) is 11.5 Å². The van der Waals surface area contributed by atoms with Gasteiger partial charge in [-0.05, 0) is 53.7 Å². The maximum atomic E-state index is 12.2. The molecule has 0 saturated heterocycles. The molecule has 0 aromatic heterocycles. The summed E-state index contributed by atoms with van der Waals surface area (Å²) in [5.41, 5.74) is 2.77. The summed E-state index contributed by atoms with van der Waals surface area (Å²) in [6, 6.07) is 3.95. The molecular weight excluding hydrogens is 280 g/mol. The minimum atomic E-state index is -0.928. The van der Waals surface area contributed by atoms with Crippen molar-refractivity contribution in [2.75, 3.05) is 14.2 Å². The van der Waals surface area contributed by atoms with E-state index in [2.05, 4.69) is 0 Å². The van der Waals surface area contributed by atoms with Crippen molar-refractivity contribution in [3.63, 3.8) is 0 Å². The Morgan fingerprint density at radius 1 is 1.18 bits per heavy atom. The van der Waals surface area contributed by atoms with E-state index in [1.54, 1.807) is 20.3 Å². The third-order valence-corrected chi connectivity index (χ3v) is 5.17. The van der Waals surface area contributed by atoms with E-state index in [0.717, 1.165) is 24.0 Å². The second-order valence-corrected chi connectivity index (χ2v) is 6.68. The zero-order chi connectivity index (χ0) is 16.1. The lowest BCUT2D eigenvalue weighted by atomic mass is 9.60. The Kier molecular flexibility index (Phi) is 3.52. The van der Waals surface area contributed by atoms with Crippen LogP contribution >= 0.6 is 0 Å². The molecule has 118 valence electrons. The molecule has 0 aliphatic heterocycles. The van der Waals surface area contributed by atoms with E-state index < -0.39 is 11.5 Å². The molecule has 3 rings (SSSR count). The van der Waals surface area contributed by atoms with Gasteiger partial charge >= 0.3 is 0 Å². The summed E-state index contributed by atoms with van der Waals surface area (Å²) in [6.07, 6.45) is 2.51. The molecule has 4 nitrogen and oxygen atoms in total. The molecule has 0 radical (unpaired) electrons. The number of aliphatic hydroxyl groups excluding tert-OH is 1. The van der Waals surface area contributed by atoms with Gasteiger partial charge in [0.2, 0.25) is 0 Å². The molecule has 1 aromatic carbocycles. The van der Waals surface area contributed by atoms with Gasteiger partial charge in [-0.3, -0.25) is 4.79 Å². The molecule has 0 fully saturated rings. The van der Waals surface area contributed by atoms with Crippen molar-refractivity contribution >= 4 is 11.4 Å². The molecule has 1 N–H and O–H groups in total. The van der Waals surface area contributed by atoms with Crippen LogP contribution in [-0.4, -0.2) is 31.2 Å². The molecule has 2 aliphatic rings. The first-order valence-corrected chi connectivity index (χ1v) is 7.59. The van der Waals surface area contributed by atoms with Gasteiger partial charge in [-0.15, -0.1) is 0 Å². The molecule has 4 heteroatoms. The molecule has 1 aromatic rings. The minimum Gasteiger partial charge on any atom is -0.493 e. The minimum absolute atomic E-state index is 0.172. The van der Waals surface area contributed by atoms with E-state index in [-0.39, 0.29) is 11.7 Å². The van der Waals surface area contributed by atoms with E-state index in [9.17, 15) is 9.90 Å². The average molecular weight is 302 g/mol. The third kappa shape index (κ3) is 2.05. The lowest BCUT2D eigenvalue weighted by Crippen LogP contribution is -2.46. The van der Waals surface area contributed by atoms with Crippen molar-refractivity contribution in [2.45, 2.75) is 32.8 Å². The number of fused-ring (bicyclic) bond motifs is 3. The Labute approximate surface area is 130 Å². The monoisotopic (exact) mass is 302 g/mol. The zero-order valence-corrected chi connectivity index (χ0v) is 13.5. The van der Waals surface area contributed by atoms with Crippen LogP contribution in [0.4, 0.5) is 0 Å². The fraction of sp³-hybridized carbons (Fsp3) is 0.500. The molecule has 22 heavy (non-hydrogen) atoms. The van der Waals surface area contributed by atoms with E-state index >= 15 is 0 Å². The number of allylic oxidation sites excluding steroid dienone is 1. The molecule has 0 amide bonds. The molecule has 2 atom stereocenters. The van der Waals surface area contributed by atoms with Gasteiger partial charge in [-0.2, -0.15) is 0 Å². The third-order valence-electron chi connectivity index (χ3n) is 5.17. The SMILES string of the molecule is COc1cc2c(cc1OC)C1=CC(=O)C(O)C(C)(C)C1CC2. The van der Waals surface area contributed by atoms with Crippen LogP contribution in [0.25, 0.3) is 5.57 Å². The van der Waals surface area contributed by atoms with Crippen molar-refractivity contribution in [2.24, 2.45) is 11.3 Å². The summed E-state index contributed by atoms with van der Waals surface area (Å²) < 4.78 is 10.8. The van der Waals surface area contributed by atoms with Gasteiger partial charge in [-0.1, -0.05) is 13.8 Å². The van der Waals surface area contributed by atoms with Crippen molar-refractivity contribution in [1.82, 2.24) is 0 Å². The summed E-state index contributed by atoms with van der Waals surface area (Å²) in [6.45, 7) is 3.94. The lowest BCUT2D eigenvalue weighted by molar-refractivity contribution is -0.130. The Morgan fingerprint density at radius 3 is 2.45 bits per heavy atom. The number of aliphatic hydroxyl groups is 1. The topological polar surface area (TPSA) is 55.8 Å². The van der Waals surface area contributed by atoms with Crippen molar-refractivity contribution < 1.29 is 19.4 Å². The molecule has 2 aliphatic carbocycles. The molecule has 0 spiro atoms. The number of ketones is 1. The van der Waals surface area contributed by atoms with E-state index in [4.69, 9.17) is 9.47 Å². The number of methoxy groups -OCH3 is 2. The Balaban J connectivity index is 2.17. The predicted octanol–water partition coefficient (Wildman–Crippen LogP) is 2.62. The number of benzene rings is 1. The Morgan fingerprint density at radius 2 is 1.82 bits per heavy atom. The number of carbonyl (C=O) groups is 1. The summed E-state index contributed by atoms with van der Waals surface area (Å²) in [7, 11) is 3.23. The van der Waals surface area contributed by atoms with Crippen molar-refractivity contribution in [1.29, 1.82) is 0 Å². The highest BCUT2D eigenvalue weighted by Crippen LogP contribution is 2.51. The van der Waals surface area contributed by atoms with Crippen LogP contribution in [0.15, 0.2) is 18.2 Å². The first kappa shape index (κ1) is 15.1. The maximum Gasteiger partial charge on any atom is 0.184 e. The zero-order valence-electron chi connectivity index (χ0n) is 13.5. The second kappa shape index (κ2) is 5.13. The fourth-order valence-corrected chi connectivity index (χ4v) is 3.78. The van der Waals surface area contributed by atoms with Gasteiger partial charge in [0.1, 0.15) is 6.10 Å². The first-order valence-electron chi connectivity index (χ1n) is 7.59. The van der Waals surface area contributed by atoms with E-state index in [1.807, 2.05) is 26.0 Å². The van der Waals surface area contributed by atoms with Crippen LogP contribution in [0.2, 0.25) is 0 Å². The van der Waals surface area contributed by atoms with Gasteiger partial charge in [0.25, 0.3) is 0 Å². The van der Waals surface area contributed by atoms with Gasteiger partial charge in [-0.25, -0.2) is 0 Å². The Hall–Kier alpha value is -1.81. The van der Waals surface area contributed by atoms with E-state index in [0.29, 0.717) is 11.5 Å². The van der Waals surface area contributed by atoms with Crippen molar-refractivity contribution in [3.05, 3.63) is 29.3 Å². The van der Waals surface area contributed by atoms with Crippen molar-refractivity contribution in [3.8, 4) is 11.5 Å². The standard InChI is InChI=1S/C18H22O4/c1-18(2)13-6-5-10-7-15(21-3)16(22-4)9-11(10)12(13)8-14(19)17(18)20/h7-9,13,17,20H,5-6H2,1-4H3. The summed E-state index contributed by atoms with van der Waals surface area (Å²) in [4.78, 5) is 12.2. The van der Waals surface area contributed by atoms with Gasteiger partial charge in [0, 0.05) is 5.41 Å². The number of hydrogen-bond acceptors (Lipinski definition) is 4. The lowest BCUT2D eigenvalue weighted by Gasteiger charge is -2.44. The fourth-order valence-electron chi connectivity index (χ4n) is 3.78. The highest BCUT2D eigenvalue weighted by atomic mass is 16.5. The van der Waals surface area contributed by atoms with Crippen LogP contribution in [0.3, 0.4) is 0 Å². The van der Waals surface area contributed by atoms with Gasteiger partial charge in [0.05, 0.1) is 14.2 Å². The van der Waals surface area contributed by atoms with Gasteiger partial charge < -0.3 is 14.6 Å². The number of hydrogen-bond donors (Lipinski definition) is 1. The molecule has 0 saturated carbocycles. The summed E-state index contributed by atoms with van der Waals surface area (Å²) >= 11 is 0. The molecule has 0 heterocycles. The van der Waals surface area contributed by atoms with Crippen LogP contribution in [-0.2, 0) is 11.2 Å². The quantitative estimate of drug-likeness (QED) is 0.912.